The Morgan fingerprint density at radius 3 is 2.26 bits per heavy atom. The summed E-state index contributed by atoms with van der Waals surface area (Å²) in [5.41, 5.74) is 4.19. The lowest BCUT2D eigenvalue weighted by atomic mass is 10.0. The molecule has 1 heterocycles. The molecule has 0 aliphatic rings. The number of halogens is 2. The van der Waals surface area contributed by atoms with Crippen molar-refractivity contribution in [2.24, 2.45) is 0 Å². The van der Waals surface area contributed by atoms with E-state index >= 15 is 0 Å². The Labute approximate surface area is 319 Å². The fraction of sp³-hybridized carbons (Fsp3) is 0.0476. The highest BCUT2D eigenvalue weighted by atomic mass is 35.5. The number of nitrogens with zero attached hydrogens (tertiary/aromatic N) is 1. The predicted octanol–water partition coefficient (Wildman–Crippen LogP) is 10.3. The van der Waals surface area contributed by atoms with Crippen molar-refractivity contribution in [2.75, 3.05) is 10.6 Å². The van der Waals surface area contributed by atoms with Gasteiger partial charge in [0.05, 0.1) is 10.6 Å². The van der Waals surface area contributed by atoms with Crippen molar-refractivity contribution in [3.8, 4) is 17.2 Å². The molecule has 1 atom stereocenters. The SMILES string of the molecule is Cc1ccc(-c2csc(NC(=O)C(Sc3cccc(NC(=O)/C(=C\c4c(F)cccc4Cl)NC(=O)c4ccccc4)c3)c3ccccc3)c2C#N)cc1. The van der Waals surface area contributed by atoms with Crippen molar-refractivity contribution in [1.82, 2.24) is 5.32 Å². The molecular weight excluding hydrogens is 727 g/mol. The summed E-state index contributed by atoms with van der Waals surface area (Å²) in [5.74, 6) is -2.30. The highest BCUT2D eigenvalue weighted by molar-refractivity contribution is 8.00. The fourth-order valence-corrected chi connectivity index (χ4v) is 7.53. The molecule has 6 aromatic rings. The minimum atomic E-state index is -0.734. The Balaban J connectivity index is 1.25. The first-order chi connectivity index (χ1) is 25.7. The molecule has 0 radical (unpaired) electrons. The first kappa shape index (κ1) is 36.8. The molecule has 0 spiro atoms. The number of benzene rings is 5. The van der Waals surface area contributed by atoms with E-state index in [1.807, 2.05) is 66.9 Å². The van der Waals surface area contributed by atoms with Crippen LogP contribution in [0.25, 0.3) is 17.2 Å². The van der Waals surface area contributed by atoms with Gasteiger partial charge >= 0.3 is 0 Å². The number of carbonyl (C=O) groups excluding carboxylic acids is 3. The second kappa shape index (κ2) is 17.0. The van der Waals surface area contributed by atoms with Crippen LogP contribution in [0.5, 0.6) is 0 Å². The van der Waals surface area contributed by atoms with Crippen molar-refractivity contribution in [3.63, 3.8) is 0 Å². The van der Waals surface area contributed by atoms with Gasteiger partial charge < -0.3 is 16.0 Å². The second-order valence-corrected chi connectivity index (χ2v) is 14.2. The number of thioether (sulfide) groups is 1. The van der Waals surface area contributed by atoms with Crippen molar-refractivity contribution >= 4 is 69.2 Å². The number of nitrogens with one attached hydrogen (secondary N) is 3. The summed E-state index contributed by atoms with van der Waals surface area (Å²) < 4.78 is 14.8. The van der Waals surface area contributed by atoms with Crippen molar-refractivity contribution < 1.29 is 18.8 Å². The van der Waals surface area contributed by atoms with Crippen molar-refractivity contribution in [1.29, 1.82) is 5.26 Å². The number of aryl methyl sites for hydroxylation is 1. The Morgan fingerprint density at radius 1 is 0.868 bits per heavy atom. The number of hydrogen-bond donors (Lipinski definition) is 3. The van der Waals surface area contributed by atoms with Gasteiger partial charge in [0.15, 0.2) is 0 Å². The van der Waals surface area contributed by atoms with Crippen LogP contribution in [0.4, 0.5) is 15.1 Å². The minimum Gasteiger partial charge on any atom is -0.321 e. The zero-order chi connectivity index (χ0) is 37.3. The highest BCUT2D eigenvalue weighted by Gasteiger charge is 2.25. The van der Waals surface area contributed by atoms with Gasteiger partial charge in [-0.25, -0.2) is 4.39 Å². The zero-order valence-electron chi connectivity index (χ0n) is 28.1. The topological polar surface area (TPSA) is 111 Å². The van der Waals surface area contributed by atoms with Crippen LogP contribution >= 0.6 is 34.7 Å². The summed E-state index contributed by atoms with van der Waals surface area (Å²) in [6, 6.07) is 38.6. The Kier molecular flexibility index (Phi) is 11.8. The first-order valence-corrected chi connectivity index (χ1v) is 18.4. The number of anilines is 2. The maximum atomic E-state index is 14.8. The summed E-state index contributed by atoms with van der Waals surface area (Å²) >= 11 is 8.80. The van der Waals surface area contributed by atoms with E-state index in [-0.39, 0.29) is 22.2 Å². The molecule has 262 valence electrons. The number of nitriles is 1. The van der Waals surface area contributed by atoms with Crippen LogP contribution in [0, 0.1) is 24.1 Å². The summed E-state index contributed by atoms with van der Waals surface area (Å²) in [5, 5.41) is 20.1. The van der Waals surface area contributed by atoms with Gasteiger partial charge in [-0.1, -0.05) is 102 Å². The number of carbonyl (C=O) groups is 3. The first-order valence-electron chi connectivity index (χ1n) is 16.2. The van der Waals surface area contributed by atoms with Gasteiger partial charge in [-0.15, -0.1) is 23.1 Å². The molecule has 7 nitrogen and oxygen atoms in total. The second-order valence-electron chi connectivity index (χ2n) is 11.7. The zero-order valence-corrected chi connectivity index (χ0v) is 30.5. The summed E-state index contributed by atoms with van der Waals surface area (Å²) in [4.78, 5) is 41.4. The predicted molar refractivity (Wildman–Crippen MR) is 211 cm³/mol. The monoisotopic (exact) mass is 756 g/mol. The average molecular weight is 757 g/mol. The third-order valence-electron chi connectivity index (χ3n) is 8.01. The lowest BCUT2D eigenvalue weighted by Crippen LogP contribution is -2.30. The van der Waals surface area contributed by atoms with E-state index in [1.165, 1.54) is 47.4 Å². The number of rotatable bonds is 11. The Hall–Kier alpha value is -5.99. The molecule has 0 aliphatic heterocycles. The van der Waals surface area contributed by atoms with Crippen molar-refractivity contribution in [2.45, 2.75) is 17.1 Å². The molecule has 0 saturated heterocycles. The van der Waals surface area contributed by atoms with Gasteiger partial charge in [0, 0.05) is 32.7 Å². The third kappa shape index (κ3) is 9.09. The van der Waals surface area contributed by atoms with E-state index in [2.05, 4.69) is 22.0 Å². The molecule has 0 fully saturated rings. The smallest absolute Gasteiger partial charge is 0.272 e. The molecule has 53 heavy (non-hydrogen) atoms. The van der Waals surface area contributed by atoms with E-state index in [0.717, 1.165) is 22.3 Å². The molecule has 1 aromatic heterocycles. The summed E-state index contributed by atoms with van der Waals surface area (Å²) in [7, 11) is 0. The number of amides is 3. The number of thiophene rings is 1. The highest BCUT2D eigenvalue weighted by Crippen LogP contribution is 2.40. The van der Waals surface area contributed by atoms with Gasteiger partial charge in [-0.3, -0.25) is 14.4 Å². The quantitative estimate of drug-likeness (QED) is 0.0900. The van der Waals surface area contributed by atoms with Gasteiger partial charge in [-0.05, 0) is 66.6 Å². The lowest BCUT2D eigenvalue weighted by Gasteiger charge is -2.18. The minimum absolute atomic E-state index is 0.0590. The normalized spacial score (nSPS) is 11.6. The van der Waals surface area contributed by atoms with Crippen LogP contribution in [-0.4, -0.2) is 17.7 Å². The van der Waals surface area contributed by atoms with Gasteiger partial charge in [0.1, 0.15) is 27.8 Å². The number of hydrogen-bond acceptors (Lipinski definition) is 6. The molecule has 0 saturated carbocycles. The van der Waals surface area contributed by atoms with E-state index in [4.69, 9.17) is 11.6 Å². The van der Waals surface area contributed by atoms with Crippen LogP contribution < -0.4 is 16.0 Å². The standard InChI is InChI=1S/C42H30ClFN4O3S2/c1-26-18-20-27(21-19-26)34-25-52-42(33(34)24-45)48-41(51)38(28-10-4-2-5-11-28)53-31-15-8-14-30(22-31)46-40(50)37(23-32-35(43)16-9-17-36(32)44)47-39(49)29-12-6-3-7-13-29/h2-23,25,38H,1H3,(H,46,50)(H,47,49)(H,48,51)/b37-23+. The fourth-order valence-electron chi connectivity index (χ4n) is 5.30. The van der Waals surface area contributed by atoms with Crippen LogP contribution in [0.2, 0.25) is 5.02 Å². The molecule has 0 bridgehead atoms. The van der Waals surface area contributed by atoms with Crippen molar-refractivity contribution in [3.05, 3.63) is 177 Å². The molecular formula is C42H30ClFN4O3S2. The maximum Gasteiger partial charge on any atom is 0.272 e. The third-order valence-corrected chi connectivity index (χ3v) is 10.5. The van der Waals surface area contributed by atoms with Gasteiger partial charge in [0.25, 0.3) is 11.8 Å². The van der Waals surface area contributed by atoms with E-state index in [0.29, 0.717) is 26.7 Å². The molecule has 5 aromatic carbocycles. The van der Waals surface area contributed by atoms with E-state index in [9.17, 15) is 24.0 Å². The molecule has 1 unspecified atom stereocenters. The van der Waals surface area contributed by atoms with Crippen LogP contribution in [0.15, 0.2) is 143 Å². The molecule has 0 aliphatic carbocycles. The van der Waals surface area contributed by atoms with Gasteiger partial charge in [0.2, 0.25) is 5.91 Å². The van der Waals surface area contributed by atoms with E-state index < -0.39 is 22.9 Å². The molecule has 3 N–H and O–H groups in total. The lowest BCUT2D eigenvalue weighted by molar-refractivity contribution is -0.116. The Bertz CT molecular complexity index is 2340. The molecule has 6 rings (SSSR count). The maximum absolute atomic E-state index is 14.8. The summed E-state index contributed by atoms with van der Waals surface area (Å²) in [6.07, 6.45) is 1.19. The van der Waals surface area contributed by atoms with Crippen LogP contribution in [0.1, 0.15) is 37.9 Å². The van der Waals surface area contributed by atoms with Crippen LogP contribution in [-0.2, 0) is 9.59 Å². The molecule has 3 amide bonds. The van der Waals surface area contributed by atoms with Crippen LogP contribution in [0.3, 0.4) is 0 Å². The molecule has 11 heteroatoms. The average Bonchev–Trinajstić information content (AvgIpc) is 3.58. The Morgan fingerprint density at radius 2 is 1.57 bits per heavy atom. The summed E-state index contributed by atoms with van der Waals surface area (Å²) in [6.45, 7) is 1.99. The largest absolute Gasteiger partial charge is 0.321 e. The van der Waals surface area contributed by atoms with Gasteiger partial charge in [-0.2, -0.15) is 5.26 Å². The van der Waals surface area contributed by atoms with E-state index in [1.54, 1.807) is 54.6 Å².